The van der Waals surface area contributed by atoms with Crippen LogP contribution in [0.25, 0.3) is 0 Å². The number of carbonyl (C=O) groups excluding carboxylic acids is 2. The summed E-state index contributed by atoms with van der Waals surface area (Å²) in [5, 5.41) is 9.82. The standard InChI is InChI=1S/C17H24ClN3O2/c1-12-11-19-10-8-15(12)21-16(22)3-2-9-20-17(23)13-4-6-14(18)7-5-13/h4-7,12,15,19H,2-3,8-11H2,1H3,(H,20,23)(H,21,22). The highest BCUT2D eigenvalue weighted by molar-refractivity contribution is 6.30. The van der Waals surface area contributed by atoms with E-state index in [1.165, 1.54) is 0 Å². The average Bonchev–Trinajstić information content (AvgIpc) is 2.54. The lowest BCUT2D eigenvalue weighted by atomic mass is 9.95. The zero-order valence-electron chi connectivity index (χ0n) is 13.4. The van der Waals surface area contributed by atoms with Gasteiger partial charge in [-0.25, -0.2) is 0 Å². The normalized spacial score (nSPS) is 20.8. The molecule has 1 heterocycles. The molecule has 23 heavy (non-hydrogen) atoms. The first-order chi connectivity index (χ1) is 11.1. The Kier molecular flexibility index (Phi) is 6.86. The third kappa shape index (κ3) is 5.84. The third-order valence-corrected chi connectivity index (χ3v) is 4.36. The molecule has 1 aromatic rings. The van der Waals surface area contributed by atoms with Gasteiger partial charge in [0.05, 0.1) is 0 Å². The van der Waals surface area contributed by atoms with Gasteiger partial charge in [0.15, 0.2) is 0 Å². The van der Waals surface area contributed by atoms with E-state index in [-0.39, 0.29) is 17.9 Å². The number of hydrogen-bond acceptors (Lipinski definition) is 3. The summed E-state index contributed by atoms with van der Waals surface area (Å²) < 4.78 is 0. The lowest BCUT2D eigenvalue weighted by molar-refractivity contribution is -0.122. The molecule has 0 aliphatic carbocycles. The molecule has 1 fully saturated rings. The molecule has 6 heteroatoms. The number of piperidine rings is 1. The van der Waals surface area contributed by atoms with Crippen molar-refractivity contribution < 1.29 is 9.59 Å². The molecule has 2 unspecified atom stereocenters. The van der Waals surface area contributed by atoms with E-state index >= 15 is 0 Å². The smallest absolute Gasteiger partial charge is 0.251 e. The Hall–Kier alpha value is -1.59. The maximum absolute atomic E-state index is 12.0. The van der Waals surface area contributed by atoms with Gasteiger partial charge in [0.25, 0.3) is 5.91 Å². The minimum absolute atomic E-state index is 0.0597. The summed E-state index contributed by atoms with van der Waals surface area (Å²) in [6.45, 7) is 4.52. The molecule has 1 aliphatic heterocycles. The molecule has 1 aromatic carbocycles. The molecule has 5 nitrogen and oxygen atoms in total. The van der Waals surface area contributed by atoms with Gasteiger partial charge in [-0.3, -0.25) is 9.59 Å². The van der Waals surface area contributed by atoms with E-state index in [2.05, 4.69) is 22.9 Å². The van der Waals surface area contributed by atoms with Crippen molar-refractivity contribution in [1.29, 1.82) is 0 Å². The first kappa shape index (κ1) is 17.8. The minimum Gasteiger partial charge on any atom is -0.353 e. The molecule has 0 saturated carbocycles. The average molecular weight is 338 g/mol. The summed E-state index contributed by atoms with van der Waals surface area (Å²) in [4.78, 5) is 23.8. The van der Waals surface area contributed by atoms with Gasteiger partial charge in [0.2, 0.25) is 5.91 Å². The van der Waals surface area contributed by atoms with Crippen LogP contribution in [0.4, 0.5) is 0 Å². The molecule has 126 valence electrons. The molecule has 0 radical (unpaired) electrons. The fraction of sp³-hybridized carbons (Fsp3) is 0.529. The maximum atomic E-state index is 12.0. The van der Waals surface area contributed by atoms with Crippen molar-refractivity contribution >= 4 is 23.4 Å². The number of carbonyl (C=O) groups is 2. The van der Waals surface area contributed by atoms with Crippen LogP contribution in [0.15, 0.2) is 24.3 Å². The minimum atomic E-state index is -0.144. The van der Waals surface area contributed by atoms with Crippen molar-refractivity contribution in [2.24, 2.45) is 5.92 Å². The molecule has 1 saturated heterocycles. The predicted molar refractivity (Wildman–Crippen MR) is 91.6 cm³/mol. The second-order valence-corrected chi connectivity index (χ2v) is 6.45. The Morgan fingerprint density at radius 2 is 2.04 bits per heavy atom. The third-order valence-electron chi connectivity index (χ3n) is 4.10. The van der Waals surface area contributed by atoms with Gasteiger partial charge in [-0.15, -0.1) is 0 Å². The molecule has 0 spiro atoms. The first-order valence-corrected chi connectivity index (χ1v) is 8.48. The van der Waals surface area contributed by atoms with E-state index in [0.29, 0.717) is 35.9 Å². The second-order valence-electron chi connectivity index (χ2n) is 6.01. The lowest BCUT2D eigenvalue weighted by Crippen LogP contribution is -2.48. The summed E-state index contributed by atoms with van der Waals surface area (Å²) in [7, 11) is 0. The van der Waals surface area contributed by atoms with Crippen LogP contribution in [0.2, 0.25) is 5.02 Å². The second kappa shape index (κ2) is 8.89. The summed E-state index contributed by atoms with van der Waals surface area (Å²) in [5.74, 6) is 0.371. The zero-order chi connectivity index (χ0) is 16.7. The highest BCUT2D eigenvalue weighted by Gasteiger charge is 2.22. The summed E-state index contributed by atoms with van der Waals surface area (Å²) in [5.41, 5.74) is 0.572. The van der Waals surface area contributed by atoms with Crippen molar-refractivity contribution in [3.8, 4) is 0 Å². The van der Waals surface area contributed by atoms with Crippen LogP contribution < -0.4 is 16.0 Å². The molecular weight excluding hydrogens is 314 g/mol. The molecule has 1 aliphatic rings. The van der Waals surface area contributed by atoms with Gasteiger partial charge in [-0.1, -0.05) is 18.5 Å². The van der Waals surface area contributed by atoms with Crippen LogP contribution in [0.3, 0.4) is 0 Å². The van der Waals surface area contributed by atoms with E-state index in [9.17, 15) is 9.59 Å². The van der Waals surface area contributed by atoms with Gasteiger partial charge < -0.3 is 16.0 Å². The highest BCUT2D eigenvalue weighted by atomic mass is 35.5. The van der Waals surface area contributed by atoms with Crippen molar-refractivity contribution in [3.63, 3.8) is 0 Å². The van der Waals surface area contributed by atoms with Crippen molar-refractivity contribution in [2.75, 3.05) is 19.6 Å². The Bertz CT molecular complexity index is 533. The Morgan fingerprint density at radius 3 is 2.74 bits per heavy atom. The molecule has 2 amide bonds. The molecule has 2 rings (SSSR count). The van der Waals surface area contributed by atoms with Crippen LogP contribution in [0.1, 0.15) is 36.5 Å². The van der Waals surface area contributed by atoms with Gasteiger partial charge in [0, 0.05) is 29.6 Å². The van der Waals surface area contributed by atoms with Crippen LogP contribution in [0.5, 0.6) is 0 Å². The van der Waals surface area contributed by atoms with Gasteiger partial charge in [-0.2, -0.15) is 0 Å². The van der Waals surface area contributed by atoms with E-state index in [1.54, 1.807) is 24.3 Å². The number of halogens is 1. The molecule has 2 atom stereocenters. The number of rotatable bonds is 6. The number of benzene rings is 1. The predicted octanol–water partition coefficient (Wildman–Crippen LogP) is 1.96. The number of hydrogen-bond donors (Lipinski definition) is 3. The van der Waals surface area contributed by atoms with Gasteiger partial charge >= 0.3 is 0 Å². The fourth-order valence-electron chi connectivity index (χ4n) is 2.66. The maximum Gasteiger partial charge on any atom is 0.251 e. The first-order valence-electron chi connectivity index (χ1n) is 8.10. The van der Waals surface area contributed by atoms with E-state index in [1.807, 2.05) is 0 Å². The number of nitrogens with one attached hydrogen (secondary N) is 3. The summed E-state index contributed by atoms with van der Waals surface area (Å²) in [6.07, 6.45) is 2.03. The molecule has 0 aromatic heterocycles. The van der Waals surface area contributed by atoms with Gasteiger partial charge in [-0.05, 0) is 56.1 Å². The molecular formula is C17H24ClN3O2. The number of amides is 2. The SMILES string of the molecule is CC1CNCCC1NC(=O)CCCNC(=O)c1ccc(Cl)cc1. The topological polar surface area (TPSA) is 70.2 Å². The lowest BCUT2D eigenvalue weighted by Gasteiger charge is -2.30. The zero-order valence-corrected chi connectivity index (χ0v) is 14.2. The van der Waals surface area contributed by atoms with E-state index < -0.39 is 0 Å². The Labute approximate surface area is 142 Å². The molecule has 0 bridgehead atoms. The summed E-state index contributed by atoms with van der Waals surface area (Å²) in [6, 6.07) is 6.99. The largest absolute Gasteiger partial charge is 0.353 e. The van der Waals surface area contributed by atoms with Crippen LogP contribution in [0, 0.1) is 5.92 Å². The summed E-state index contributed by atoms with van der Waals surface area (Å²) >= 11 is 5.79. The van der Waals surface area contributed by atoms with Crippen molar-refractivity contribution in [1.82, 2.24) is 16.0 Å². The van der Waals surface area contributed by atoms with E-state index in [4.69, 9.17) is 11.6 Å². The van der Waals surface area contributed by atoms with Crippen molar-refractivity contribution in [3.05, 3.63) is 34.9 Å². The quantitative estimate of drug-likeness (QED) is 0.695. The van der Waals surface area contributed by atoms with Crippen molar-refractivity contribution in [2.45, 2.75) is 32.2 Å². The van der Waals surface area contributed by atoms with Crippen LogP contribution >= 0.6 is 11.6 Å². The van der Waals surface area contributed by atoms with Crippen LogP contribution in [-0.2, 0) is 4.79 Å². The van der Waals surface area contributed by atoms with Gasteiger partial charge in [0.1, 0.15) is 0 Å². The Morgan fingerprint density at radius 1 is 1.30 bits per heavy atom. The molecule has 3 N–H and O–H groups in total. The fourth-order valence-corrected chi connectivity index (χ4v) is 2.79. The monoisotopic (exact) mass is 337 g/mol. The van der Waals surface area contributed by atoms with E-state index in [0.717, 1.165) is 19.5 Å². The Balaban J connectivity index is 1.63. The van der Waals surface area contributed by atoms with Crippen LogP contribution in [-0.4, -0.2) is 37.5 Å². The highest BCUT2D eigenvalue weighted by Crippen LogP contribution is 2.11.